The zero-order valence-corrected chi connectivity index (χ0v) is 14.7. The molecule has 1 saturated heterocycles. The standard InChI is InChI=1S/C19H22F5N3/c1-2-14(19(22,23)24)4-6-18(25)26-15-7-9-27(10-8-15)12-13-3-5-16(20)17(21)11-13/h2-6,11,15,26H,1,7-10,12,25H2/b14-4+,18-6+. The number of rotatable bonds is 6. The van der Waals surface area contributed by atoms with Gasteiger partial charge in [-0.1, -0.05) is 18.7 Å². The van der Waals surface area contributed by atoms with Crippen LogP contribution in [0, 0.1) is 11.6 Å². The number of piperidine rings is 1. The first kappa shape index (κ1) is 21.0. The average molecular weight is 387 g/mol. The van der Waals surface area contributed by atoms with Gasteiger partial charge in [-0.2, -0.15) is 13.2 Å². The number of likely N-dealkylation sites (tertiary alicyclic amines) is 1. The Hall–Kier alpha value is -2.35. The van der Waals surface area contributed by atoms with Crippen molar-refractivity contribution >= 4 is 0 Å². The van der Waals surface area contributed by atoms with Crippen LogP contribution < -0.4 is 11.1 Å². The van der Waals surface area contributed by atoms with E-state index in [1.54, 1.807) is 6.07 Å². The predicted molar refractivity (Wildman–Crippen MR) is 94.4 cm³/mol. The molecule has 148 valence electrons. The van der Waals surface area contributed by atoms with Gasteiger partial charge in [0.2, 0.25) is 0 Å². The minimum Gasteiger partial charge on any atom is -0.386 e. The molecule has 0 unspecified atom stereocenters. The van der Waals surface area contributed by atoms with E-state index < -0.39 is 23.4 Å². The van der Waals surface area contributed by atoms with E-state index in [2.05, 4.69) is 16.8 Å². The number of hydrogen-bond donors (Lipinski definition) is 2. The molecule has 3 nitrogen and oxygen atoms in total. The number of nitrogens with one attached hydrogen (secondary N) is 1. The van der Waals surface area contributed by atoms with Gasteiger partial charge in [-0.05, 0) is 42.7 Å². The van der Waals surface area contributed by atoms with Crippen molar-refractivity contribution in [1.29, 1.82) is 0 Å². The van der Waals surface area contributed by atoms with Crippen LogP contribution in [0.25, 0.3) is 0 Å². The van der Waals surface area contributed by atoms with E-state index in [0.717, 1.165) is 31.1 Å². The Kier molecular flexibility index (Phi) is 7.01. The zero-order valence-electron chi connectivity index (χ0n) is 14.7. The van der Waals surface area contributed by atoms with Crippen LogP contribution in [0.3, 0.4) is 0 Å². The van der Waals surface area contributed by atoms with Crippen molar-refractivity contribution < 1.29 is 22.0 Å². The van der Waals surface area contributed by atoms with Gasteiger partial charge < -0.3 is 11.1 Å². The van der Waals surface area contributed by atoms with Crippen LogP contribution in [0.5, 0.6) is 0 Å². The van der Waals surface area contributed by atoms with E-state index in [4.69, 9.17) is 5.73 Å². The summed E-state index contributed by atoms with van der Waals surface area (Å²) in [7, 11) is 0. The number of nitrogens with two attached hydrogens (primary N) is 1. The number of hydrogen-bond acceptors (Lipinski definition) is 3. The van der Waals surface area contributed by atoms with Crippen molar-refractivity contribution in [3.8, 4) is 0 Å². The summed E-state index contributed by atoms with van der Waals surface area (Å²) in [6.45, 7) is 5.07. The van der Waals surface area contributed by atoms with Crippen LogP contribution in [0.2, 0.25) is 0 Å². The minimum absolute atomic E-state index is 0.0360. The molecule has 2 rings (SSSR count). The first-order chi connectivity index (χ1) is 12.7. The highest BCUT2D eigenvalue weighted by Crippen LogP contribution is 2.26. The van der Waals surface area contributed by atoms with E-state index in [1.807, 2.05) is 0 Å². The molecule has 8 heteroatoms. The predicted octanol–water partition coefficient (Wildman–Crippen LogP) is 3.99. The lowest BCUT2D eigenvalue weighted by Gasteiger charge is -2.32. The fourth-order valence-corrected chi connectivity index (χ4v) is 2.87. The molecule has 1 heterocycles. The Balaban J connectivity index is 1.84. The van der Waals surface area contributed by atoms with Crippen LogP contribution in [-0.2, 0) is 6.54 Å². The van der Waals surface area contributed by atoms with Gasteiger partial charge in [-0.3, -0.25) is 4.90 Å². The fraction of sp³-hybridized carbons (Fsp3) is 0.368. The molecule has 1 aliphatic heterocycles. The van der Waals surface area contributed by atoms with E-state index in [1.165, 1.54) is 12.1 Å². The number of nitrogens with zero attached hydrogens (tertiary/aromatic N) is 1. The third kappa shape index (κ3) is 6.39. The molecular weight excluding hydrogens is 365 g/mol. The maximum atomic E-state index is 13.3. The van der Waals surface area contributed by atoms with E-state index in [0.29, 0.717) is 25.2 Å². The molecule has 1 fully saturated rings. The molecule has 0 aromatic heterocycles. The number of allylic oxidation sites excluding steroid dienone is 4. The first-order valence-corrected chi connectivity index (χ1v) is 8.49. The number of benzene rings is 1. The SMILES string of the molecule is C=C/C(=C\C=C(/N)NC1CCN(Cc2ccc(F)c(F)c2)CC1)C(F)(F)F. The smallest absolute Gasteiger partial charge is 0.386 e. The van der Waals surface area contributed by atoms with Crippen molar-refractivity contribution in [2.24, 2.45) is 5.73 Å². The first-order valence-electron chi connectivity index (χ1n) is 8.49. The lowest BCUT2D eigenvalue weighted by molar-refractivity contribution is -0.0881. The van der Waals surface area contributed by atoms with E-state index in [-0.39, 0.29) is 11.9 Å². The molecule has 0 atom stereocenters. The molecule has 0 radical (unpaired) electrons. The Bertz CT molecular complexity index is 717. The van der Waals surface area contributed by atoms with Crippen LogP contribution in [-0.4, -0.2) is 30.2 Å². The van der Waals surface area contributed by atoms with Crippen molar-refractivity contribution in [3.05, 3.63) is 71.6 Å². The molecule has 0 spiro atoms. The molecule has 1 aliphatic rings. The maximum Gasteiger partial charge on any atom is 0.416 e. The zero-order chi connectivity index (χ0) is 20.0. The second-order valence-electron chi connectivity index (χ2n) is 6.39. The van der Waals surface area contributed by atoms with E-state index >= 15 is 0 Å². The summed E-state index contributed by atoms with van der Waals surface area (Å²) in [6, 6.07) is 3.88. The summed E-state index contributed by atoms with van der Waals surface area (Å²) < 4.78 is 64.1. The summed E-state index contributed by atoms with van der Waals surface area (Å²) in [5, 5.41) is 3.01. The minimum atomic E-state index is -4.47. The quantitative estimate of drug-likeness (QED) is 0.573. The van der Waals surface area contributed by atoms with Crippen LogP contribution in [0.1, 0.15) is 18.4 Å². The van der Waals surface area contributed by atoms with Gasteiger partial charge in [-0.25, -0.2) is 8.78 Å². The Morgan fingerprint density at radius 3 is 2.41 bits per heavy atom. The van der Waals surface area contributed by atoms with Gasteiger partial charge in [0, 0.05) is 25.7 Å². The van der Waals surface area contributed by atoms with Crippen molar-refractivity contribution in [2.45, 2.75) is 31.6 Å². The molecule has 0 amide bonds. The summed E-state index contributed by atoms with van der Waals surface area (Å²) >= 11 is 0. The van der Waals surface area contributed by atoms with Gasteiger partial charge in [0.05, 0.1) is 11.4 Å². The van der Waals surface area contributed by atoms with Crippen molar-refractivity contribution in [1.82, 2.24) is 10.2 Å². The van der Waals surface area contributed by atoms with Gasteiger partial charge in [0.25, 0.3) is 0 Å². The van der Waals surface area contributed by atoms with Crippen molar-refractivity contribution in [3.63, 3.8) is 0 Å². The average Bonchev–Trinajstić information content (AvgIpc) is 2.59. The molecule has 1 aromatic carbocycles. The van der Waals surface area contributed by atoms with Gasteiger partial charge in [-0.15, -0.1) is 0 Å². The molecule has 0 saturated carbocycles. The highest BCUT2D eigenvalue weighted by atomic mass is 19.4. The van der Waals surface area contributed by atoms with E-state index in [9.17, 15) is 22.0 Å². The summed E-state index contributed by atoms with van der Waals surface area (Å²) in [5.41, 5.74) is 5.57. The topological polar surface area (TPSA) is 41.3 Å². The maximum absolute atomic E-state index is 13.3. The van der Waals surface area contributed by atoms with Crippen LogP contribution in [0.4, 0.5) is 22.0 Å². The van der Waals surface area contributed by atoms with Crippen LogP contribution in [0.15, 0.2) is 54.4 Å². The largest absolute Gasteiger partial charge is 0.416 e. The number of alkyl halides is 3. The lowest BCUT2D eigenvalue weighted by atomic mass is 10.0. The Morgan fingerprint density at radius 1 is 1.19 bits per heavy atom. The molecule has 0 aliphatic carbocycles. The molecular formula is C19H22F5N3. The highest BCUT2D eigenvalue weighted by Gasteiger charge is 2.30. The summed E-state index contributed by atoms with van der Waals surface area (Å²) in [4.78, 5) is 2.10. The third-order valence-corrected chi connectivity index (χ3v) is 4.34. The summed E-state index contributed by atoms with van der Waals surface area (Å²) in [5.74, 6) is -1.59. The van der Waals surface area contributed by atoms with Crippen LogP contribution >= 0.6 is 0 Å². The highest BCUT2D eigenvalue weighted by molar-refractivity contribution is 5.27. The monoisotopic (exact) mass is 387 g/mol. The second-order valence-corrected chi connectivity index (χ2v) is 6.39. The molecule has 3 N–H and O–H groups in total. The fourth-order valence-electron chi connectivity index (χ4n) is 2.87. The summed E-state index contributed by atoms with van der Waals surface area (Å²) in [6.07, 6.45) is -0.207. The molecule has 0 bridgehead atoms. The van der Waals surface area contributed by atoms with Crippen molar-refractivity contribution in [2.75, 3.05) is 13.1 Å². The normalized spacial score (nSPS) is 17.8. The Labute approximate surface area is 155 Å². The second kappa shape index (κ2) is 9.03. The van der Waals surface area contributed by atoms with Gasteiger partial charge >= 0.3 is 6.18 Å². The van der Waals surface area contributed by atoms with Gasteiger partial charge in [0.1, 0.15) is 0 Å². The number of halogens is 5. The third-order valence-electron chi connectivity index (χ3n) is 4.34. The lowest BCUT2D eigenvalue weighted by Crippen LogP contribution is -2.43. The molecule has 1 aromatic rings. The Morgan fingerprint density at radius 2 is 1.85 bits per heavy atom. The van der Waals surface area contributed by atoms with Gasteiger partial charge in [0.15, 0.2) is 11.6 Å². The molecule has 27 heavy (non-hydrogen) atoms.